The van der Waals surface area contributed by atoms with E-state index in [1.54, 1.807) is 32.9 Å². The Balaban J connectivity index is 2.23. The Hall–Kier alpha value is -1.51. The van der Waals surface area contributed by atoms with E-state index < -0.39 is 23.6 Å². The second kappa shape index (κ2) is 7.58. The van der Waals surface area contributed by atoms with E-state index in [0.717, 1.165) is 0 Å². The van der Waals surface area contributed by atoms with Crippen molar-refractivity contribution in [1.29, 1.82) is 0 Å². The van der Waals surface area contributed by atoms with Gasteiger partial charge in [0, 0.05) is 12.6 Å². The van der Waals surface area contributed by atoms with Crippen LogP contribution < -0.4 is 0 Å². The number of esters is 1. The maximum atomic E-state index is 12.2. The summed E-state index contributed by atoms with van der Waals surface area (Å²) in [5, 5.41) is 17.3. The zero-order valence-electron chi connectivity index (χ0n) is 13.5. The van der Waals surface area contributed by atoms with Crippen LogP contribution in [0, 0.1) is 5.41 Å². The van der Waals surface area contributed by atoms with Crippen molar-refractivity contribution in [3.05, 3.63) is 39.6 Å². The molecule has 0 bridgehead atoms. The third kappa shape index (κ3) is 4.75. The molecule has 0 aliphatic carbocycles. The first-order chi connectivity index (χ1) is 11.2. The van der Waals surface area contributed by atoms with Crippen molar-refractivity contribution >= 4 is 33.5 Å². The van der Waals surface area contributed by atoms with E-state index in [2.05, 4.69) is 36.1 Å². The highest BCUT2D eigenvalue weighted by Crippen LogP contribution is 2.32. The molecular formula is C15H18BrClN4O3. The highest BCUT2D eigenvalue weighted by Gasteiger charge is 2.31. The number of aromatic amines is 1. The van der Waals surface area contributed by atoms with Crippen LogP contribution in [0.3, 0.4) is 0 Å². The quantitative estimate of drug-likeness (QED) is 0.723. The number of aliphatic hydroxyl groups is 1. The van der Waals surface area contributed by atoms with E-state index >= 15 is 0 Å². The van der Waals surface area contributed by atoms with Gasteiger partial charge in [-0.1, -0.05) is 11.6 Å². The molecule has 0 aliphatic rings. The Kier molecular flexibility index (Phi) is 5.95. The van der Waals surface area contributed by atoms with Crippen molar-refractivity contribution in [2.75, 3.05) is 0 Å². The molecule has 2 atom stereocenters. The lowest BCUT2D eigenvalue weighted by Gasteiger charge is -2.23. The number of pyridine rings is 1. The van der Waals surface area contributed by atoms with Gasteiger partial charge >= 0.3 is 5.97 Å². The lowest BCUT2D eigenvalue weighted by molar-refractivity contribution is -0.161. The molecule has 2 N–H and O–H groups in total. The number of ether oxygens (including phenoxy) is 1. The molecule has 2 aromatic rings. The number of carbonyl (C=O) groups is 1. The molecule has 0 saturated heterocycles. The van der Waals surface area contributed by atoms with E-state index in [-0.39, 0.29) is 6.42 Å². The molecule has 9 heteroatoms. The third-order valence-electron chi connectivity index (χ3n) is 3.18. The summed E-state index contributed by atoms with van der Waals surface area (Å²) in [6, 6.07) is 3.30. The number of H-pyrrole nitrogens is 1. The van der Waals surface area contributed by atoms with Crippen LogP contribution in [0.2, 0.25) is 5.02 Å². The molecule has 0 amide bonds. The van der Waals surface area contributed by atoms with Crippen LogP contribution >= 0.6 is 27.5 Å². The zero-order chi connectivity index (χ0) is 17.9. The van der Waals surface area contributed by atoms with Gasteiger partial charge in [-0.15, -0.1) is 5.10 Å². The van der Waals surface area contributed by atoms with Gasteiger partial charge in [-0.3, -0.25) is 14.9 Å². The molecular weight excluding hydrogens is 400 g/mol. The van der Waals surface area contributed by atoms with Crippen LogP contribution in [0.25, 0.3) is 0 Å². The van der Waals surface area contributed by atoms with Crippen LogP contribution in [-0.4, -0.2) is 31.2 Å². The average molecular weight is 418 g/mol. The maximum absolute atomic E-state index is 12.2. The van der Waals surface area contributed by atoms with Crippen molar-refractivity contribution in [2.24, 2.45) is 5.41 Å². The highest BCUT2D eigenvalue weighted by atomic mass is 79.9. The number of hydrogen-bond acceptors (Lipinski definition) is 6. The van der Waals surface area contributed by atoms with Crippen LogP contribution in [0.15, 0.2) is 23.1 Å². The lowest BCUT2D eigenvalue weighted by Crippen LogP contribution is -2.26. The molecule has 130 valence electrons. The standard InChI is InChI=1S/C15H18BrClN4O3/c1-15(2,3)13(23)24-10(12-19-14(16)21-20-12)7-9(22)11-8(17)5-4-6-18-11/h4-6,9-10,22H,7H2,1-3H3,(H,19,20,21). The maximum Gasteiger partial charge on any atom is 0.311 e. The molecule has 2 aromatic heterocycles. The Bertz CT molecular complexity index is 717. The van der Waals surface area contributed by atoms with Crippen LogP contribution in [0.1, 0.15) is 50.9 Å². The number of rotatable bonds is 5. The van der Waals surface area contributed by atoms with Crippen molar-refractivity contribution in [2.45, 2.75) is 39.4 Å². The second-order valence-corrected chi connectivity index (χ2v) is 7.37. The third-order valence-corrected chi connectivity index (χ3v) is 3.86. The Morgan fingerprint density at radius 2 is 2.21 bits per heavy atom. The highest BCUT2D eigenvalue weighted by molar-refractivity contribution is 9.10. The molecule has 2 rings (SSSR count). The summed E-state index contributed by atoms with van der Waals surface area (Å²) in [5.74, 6) is -0.0927. The molecule has 0 fully saturated rings. The number of carbonyl (C=O) groups excluding carboxylic acids is 1. The largest absolute Gasteiger partial charge is 0.454 e. The Labute approximate surface area is 152 Å². The molecule has 0 aromatic carbocycles. The number of nitrogens with zero attached hydrogens (tertiary/aromatic N) is 3. The molecule has 0 aliphatic heterocycles. The molecule has 24 heavy (non-hydrogen) atoms. The van der Waals surface area contributed by atoms with Gasteiger partial charge in [0.2, 0.25) is 4.73 Å². The fraction of sp³-hybridized carbons (Fsp3) is 0.467. The van der Waals surface area contributed by atoms with Crippen molar-refractivity contribution in [3.63, 3.8) is 0 Å². The van der Waals surface area contributed by atoms with Crippen LogP contribution in [0.4, 0.5) is 0 Å². The van der Waals surface area contributed by atoms with Gasteiger partial charge < -0.3 is 9.84 Å². The topological polar surface area (TPSA) is 101 Å². The van der Waals surface area contributed by atoms with E-state index in [9.17, 15) is 9.90 Å². The summed E-state index contributed by atoms with van der Waals surface area (Å²) in [6.45, 7) is 5.23. The molecule has 7 nitrogen and oxygen atoms in total. The van der Waals surface area contributed by atoms with Crippen molar-refractivity contribution in [3.8, 4) is 0 Å². The minimum Gasteiger partial charge on any atom is -0.454 e. The summed E-state index contributed by atoms with van der Waals surface area (Å²) in [7, 11) is 0. The Morgan fingerprint density at radius 1 is 1.50 bits per heavy atom. The average Bonchev–Trinajstić information content (AvgIpc) is 2.92. The first kappa shape index (κ1) is 18.8. The summed E-state index contributed by atoms with van der Waals surface area (Å²) in [4.78, 5) is 20.4. The molecule has 2 heterocycles. The lowest BCUT2D eigenvalue weighted by atomic mass is 9.97. The smallest absolute Gasteiger partial charge is 0.311 e. The normalized spacial score (nSPS) is 14.2. The predicted octanol–water partition coefficient (Wildman–Crippen LogP) is 3.37. The zero-order valence-corrected chi connectivity index (χ0v) is 15.8. The summed E-state index contributed by atoms with van der Waals surface area (Å²) < 4.78 is 5.85. The number of hydrogen-bond donors (Lipinski definition) is 2. The van der Waals surface area contributed by atoms with Crippen molar-refractivity contribution in [1.82, 2.24) is 20.2 Å². The predicted molar refractivity (Wildman–Crippen MR) is 91.2 cm³/mol. The number of halogens is 2. The van der Waals surface area contributed by atoms with E-state index in [0.29, 0.717) is 21.3 Å². The number of aromatic nitrogens is 4. The SMILES string of the molecule is CC(C)(C)C(=O)OC(CC(O)c1ncccc1Cl)c1nc(Br)n[nH]1. The van der Waals surface area contributed by atoms with Gasteiger partial charge in [-0.05, 0) is 48.8 Å². The van der Waals surface area contributed by atoms with Crippen molar-refractivity contribution < 1.29 is 14.6 Å². The van der Waals surface area contributed by atoms with E-state index in [1.165, 1.54) is 6.20 Å². The van der Waals surface area contributed by atoms with Crippen LogP contribution in [-0.2, 0) is 9.53 Å². The molecule has 2 unspecified atom stereocenters. The van der Waals surface area contributed by atoms with Crippen LogP contribution in [0.5, 0.6) is 0 Å². The minimum absolute atomic E-state index is 0.0419. The van der Waals surface area contributed by atoms with E-state index in [1.807, 2.05) is 0 Å². The Morgan fingerprint density at radius 3 is 2.75 bits per heavy atom. The fourth-order valence-electron chi connectivity index (χ4n) is 1.88. The second-order valence-electron chi connectivity index (χ2n) is 6.26. The molecule has 0 radical (unpaired) electrons. The van der Waals surface area contributed by atoms with Gasteiger partial charge in [-0.2, -0.15) is 0 Å². The first-order valence-corrected chi connectivity index (χ1v) is 8.43. The number of nitrogens with one attached hydrogen (secondary N) is 1. The monoisotopic (exact) mass is 416 g/mol. The van der Waals surface area contributed by atoms with Gasteiger partial charge in [0.1, 0.15) is 6.10 Å². The molecule has 0 saturated carbocycles. The van der Waals surface area contributed by atoms with E-state index in [4.69, 9.17) is 16.3 Å². The van der Waals surface area contributed by atoms with Gasteiger partial charge in [0.15, 0.2) is 11.9 Å². The summed E-state index contributed by atoms with van der Waals surface area (Å²) in [6.07, 6.45) is -0.268. The first-order valence-electron chi connectivity index (χ1n) is 7.26. The summed E-state index contributed by atoms with van der Waals surface area (Å²) >= 11 is 9.20. The minimum atomic E-state index is -1.03. The van der Waals surface area contributed by atoms with Gasteiger partial charge in [0.05, 0.1) is 16.1 Å². The summed E-state index contributed by atoms with van der Waals surface area (Å²) in [5.41, 5.74) is -0.377. The van der Waals surface area contributed by atoms with Gasteiger partial charge in [-0.25, -0.2) is 4.98 Å². The number of aliphatic hydroxyl groups excluding tert-OH is 1. The fourth-order valence-corrected chi connectivity index (χ4v) is 2.40. The van der Waals surface area contributed by atoms with Gasteiger partial charge in [0.25, 0.3) is 0 Å². The molecule has 0 spiro atoms.